The van der Waals surface area contributed by atoms with E-state index in [1.165, 1.54) is 12.1 Å². The molecule has 0 spiro atoms. The van der Waals surface area contributed by atoms with Crippen LogP contribution in [0.5, 0.6) is 5.75 Å². The van der Waals surface area contributed by atoms with Crippen molar-refractivity contribution in [3.63, 3.8) is 0 Å². The first kappa shape index (κ1) is 16.5. The van der Waals surface area contributed by atoms with Crippen LogP contribution < -0.4 is 10.1 Å². The Labute approximate surface area is 134 Å². The fourth-order valence-corrected chi connectivity index (χ4v) is 2.28. The highest BCUT2D eigenvalue weighted by atomic mass is 16.6. The summed E-state index contributed by atoms with van der Waals surface area (Å²) in [7, 11) is 1.61. The molecule has 0 unspecified atom stereocenters. The average molecular weight is 314 g/mol. The number of hydrogen-bond donors (Lipinski definition) is 1. The average Bonchev–Trinajstić information content (AvgIpc) is 2.55. The van der Waals surface area contributed by atoms with E-state index in [0.717, 1.165) is 11.3 Å². The molecule has 1 N–H and O–H groups in total. The molecule has 0 aliphatic rings. The Bertz CT molecular complexity index is 711. The lowest BCUT2D eigenvalue weighted by Crippen LogP contribution is -2.26. The Hall–Kier alpha value is -2.89. The number of carbonyl (C=O) groups excluding carboxylic acids is 1. The van der Waals surface area contributed by atoms with Crippen molar-refractivity contribution < 1.29 is 14.5 Å². The molecule has 0 aliphatic carbocycles. The van der Waals surface area contributed by atoms with Crippen molar-refractivity contribution in [3.05, 3.63) is 69.3 Å². The van der Waals surface area contributed by atoms with Crippen LogP contribution in [0.2, 0.25) is 0 Å². The zero-order valence-corrected chi connectivity index (χ0v) is 13.0. The van der Waals surface area contributed by atoms with Crippen molar-refractivity contribution in [3.8, 4) is 5.75 Å². The van der Waals surface area contributed by atoms with Crippen LogP contribution in [0.4, 0.5) is 5.69 Å². The molecule has 6 nitrogen and oxygen atoms in total. The lowest BCUT2D eigenvalue weighted by molar-refractivity contribution is -0.385. The van der Waals surface area contributed by atoms with E-state index in [4.69, 9.17) is 4.74 Å². The number of ether oxygens (including phenoxy) is 1. The number of nitrogens with zero attached hydrogens (tertiary/aromatic N) is 1. The van der Waals surface area contributed by atoms with Crippen LogP contribution in [0, 0.1) is 17.0 Å². The number of nitro benzene ring substituents is 1. The van der Waals surface area contributed by atoms with Crippen molar-refractivity contribution in [2.75, 3.05) is 13.7 Å². The smallest absolute Gasteiger partial charge is 0.273 e. The number of rotatable bonds is 6. The molecule has 0 radical (unpaired) electrons. The third kappa shape index (κ3) is 4.06. The van der Waals surface area contributed by atoms with Gasteiger partial charge in [-0.15, -0.1) is 0 Å². The summed E-state index contributed by atoms with van der Waals surface area (Å²) in [6.07, 6.45) is 0.670. The highest BCUT2D eigenvalue weighted by molar-refractivity contribution is 5.96. The van der Waals surface area contributed by atoms with Gasteiger partial charge in [-0.1, -0.05) is 18.2 Å². The Kier molecular flexibility index (Phi) is 5.30. The second-order valence-corrected chi connectivity index (χ2v) is 5.06. The summed E-state index contributed by atoms with van der Waals surface area (Å²) in [5.74, 6) is 0.477. The monoisotopic (exact) mass is 314 g/mol. The van der Waals surface area contributed by atoms with Crippen LogP contribution in [-0.2, 0) is 6.42 Å². The Morgan fingerprint density at radius 2 is 1.91 bits per heavy atom. The second kappa shape index (κ2) is 7.40. The van der Waals surface area contributed by atoms with E-state index >= 15 is 0 Å². The van der Waals surface area contributed by atoms with Gasteiger partial charge in [0.25, 0.3) is 11.6 Å². The van der Waals surface area contributed by atoms with Crippen LogP contribution >= 0.6 is 0 Å². The molecule has 0 aliphatic heterocycles. The Morgan fingerprint density at radius 3 is 2.52 bits per heavy atom. The summed E-state index contributed by atoms with van der Waals surface area (Å²) in [4.78, 5) is 22.6. The first-order valence-electron chi connectivity index (χ1n) is 7.18. The van der Waals surface area contributed by atoms with Gasteiger partial charge in [-0.05, 0) is 37.1 Å². The molecule has 0 saturated carbocycles. The molecule has 2 aromatic carbocycles. The van der Waals surface area contributed by atoms with Crippen molar-refractivity contribution in [1.82, 2.24) is 5.32 Å². The number of hydrogen-bond acceptors (Lipinski definition) is 4. The van der Waals surface area contributed by atoms with Gasteiger partial charge in [0.1, 0.15) is 5.75 Å². The predicted molar refractivity (Wildman–Crippen MR) is 86.9 cm³/mol. The third-order valence-corrected chi connectivity index (χ3v) is 3.60. The van der Waals surface area contributed by atoms with Crippen molar-refractivity contribution in [2.24, 2.45) is 0 Å². The maximum atomic E-state index is 12.2. The van der Waals surface area contributed by atoms with E-state index in [1.807, 2.05) is 24.3 Å². The molecular formula is C17H18N2O4. The maximum absolute atomic E-state index is 12.2. The minimum absolute atomic E-state index is 0.0483. The van der Waals surface area contributed by atoms with Gasteiger partial charge in [0.2, 0.25) is 0 Å². The van der Waals surface area contributed by atoms with E-state index in [-0.39, 0.29) is 11.6 Å². The molecule has 1 amide bonds. The van der Waals surface area contributed by atoms with Gasteiger partial charge < -0.3 is 10.1 Å². The van der Waals surface area contributed by atoms with E-state index in [0.29, 0.717) is 24.1 Å². The highest BCUT2D eigenvalue weighted by Crippen LogP contribution is 2.20. The number of benzene rings is 2. The SMILES string of the molecule is COc1ccc(CCNC(=O)c2cccc([N+](=O)[O-])c2C)cc1. The van der Waals surface area contributed by atoms with E-state index in [1.54, 1.807) is 20.1 Å². The predicted octanol–water partition coefficient (Wildman–Crippen LogP) is 2.88. The van der Waals surface area contributed by atoms with Crippen LogP contribution in [0.25, 0.3) is 0 Å². The summed E-state index contributed by atoms with van der Waals surface area (Å²) in [6.45, 7) is 2.03. The van der Waals surface area contributed by atoms with Crippen molar-refractivity contribution in [2.45, 2.75) is 13.3 Å². The lowest BCUT2D eigenvalue weighted by Gasteiger charge is -2.08. The number of nitro groups is 1. The van der Waals surface area contributed by atoms with Gasteiger partial charge in [0.15, 0.2) is 0 Å². The second-order valence-electron chi connectivity index (χ2n) is 5.06. The third-order valence-electron chi connectivity index (χ3n) is 3.60. The summed E-state index contributed by atoms with van der Waals surface area (Å²) in [5, 5.41) is 13.7. The minimum Gasteiger partial charge on any atom is -0.497 e. The first-order valence-corrected chi connectivity index (χ1v) is 7.18. The molecule has 2 aromatic rings. The molecule has 0 atom stereocenters. The molecule has 0 bridgehead atoms. The zero-order chi connectivity index (χ0) is 16.8. The number of methoxy groups -OCH3 is 1. The largest absolute Gasteiger partial charge is 0.497 e. The molecule has 2 rings (SSSR count). The number of amides is 1. The molecule has 120 valence electrons. The molecular weight excluding hydrogens is 296 g/mol. The molecule has 6 heteroatoms. The number of carbonyl (C=O) groups is 1. The molecule has 23 heavy (non-hydrogen) atoms. The first-order chi connectivity index (χ1) is 11.0. The topological polar surface area (TPSA) is 81.5 Å². The Morgan fingerprint density at radius 1 is 1.22 bits per heavy atom. The highest BCUT2D eigenvalue weighted by Gasteiger charge is 2.17. The van der Waals surface area contributed by atoms with E-state index in [9.17, 15) is 14.9 Å². The van der Waals surface area contributed by atoms with Gasteiger partial charge in [-0.2, -0.15) is 0 Å². The zero-order valence-electron chi connectivity index (χ0n) is 13.0. The molecule has 0 heterocycles. The van der Waals surface area contributed by atoms with Crippen LogP contribution in [0.3, 0.4) is 0 Å². The quantitative estimate of drug-likeness (QED) is 0.656. The van der Waals surface area contributed by atoms with Crippen molar-refractivity contribution >= 4 is 11.6 Å². The molecule has 0 saturated heterocycles. The normalized spacial score (nSPS) is 10.2. The van der Waals surface area contributed by atoms with Crippen molar-refractivity contribution in [1.29, 1.82) is 0 Å². The molecule has 0 fully saturated rings. The summed E-state index contributed by atoms with van der Waals surface area (Å²) in [5.41, 5.74) is 1.73. The summed E-state index contributed by atoms with van der Waals surface area (Å²) < 4.78 is 5.09. The van der Waals surface area contributed by atoms with Gasteiger partial charge in [-0.3, -0.25) is 14.9 Å². The van der Waals surface area contributed by atoms with Gasteiger partial charge in [0, 0.05) is 23.7 Å². The van der Waals surface area contributed by atoms with Crippen LogP contribution in [0.1, 0.15) is 21.5 Å². The lowest BCUT2D eigenvalue weighted by atomic mass is 10.1. The van der Waals surface area contributed by atoms with Crippen LogP contribution in [-0.4, -0.2) is 24.5 Å². The fraction of sp³-hybridized carbons (Fsp3) is 0.235. The van der Waals surface area contributed by atoms with Crippen LogP contribution in [0.15, 0.2) is 42.5 Å². The summed E-state index contributed by atoms with van der Waals surface area (Å²) in [6, 6.07) is 12.1. The Balaban J connectivity index is 1.97. The standard InChI is InChI=1S/C17H18N2O4/c1-12-15(4-3-5-16(12)19(21)22)17(20)18-11-10-13-6-8-14(23-2)9-7-13/h3-9H,10-11H2,1-2H3,(H,18,20). The van der Waals surface area contributed by atoms with Gasteiger partial charge in [0.05, 0.1) is 12.0 Å². The van der Waals surface area contributed by atoms with E-state index < -0.39 is 4.92 Å². The van der Waals surface area contributed by atoms with Gasteiger partial charge >= 0.3 is 0 Å². The fourth-order valence-electron chi connectivity index (χ4n) is 2.28. The molecule has 0 aromatic heterocycles. The maximum Gasteiger partial charge on any atom is 0.273 e. The van der Waals surface area contributed by atoms with E-state index in [2.05, 4.69) is 5.32 Å². The number of nitrogens with one attached hydrogen (secondary N) is 1. The van der Waals surface area contributed by atoms with Gasteiger partial charge in [-0.25, -0.2) is 0 Å². The minimum atomic E-state index is -0.483. The summed E-state index contributed by atoms with van der Waals surface area (Å²) >= 11 is 0.